The highest BCUT2D eigenvalue weighted by atomic mass is 16.5. The average molecular weight is 534 g/mol. The number of rotatable bonds is 6. The number of aromatic nitrogens is 6. The maximum Gasteiger partial charge on any atom is 0.256 e. The number of methoxy groups -OCH3 is 1. The van der Waals surface area contributed by atoms with Crippen LogP contribution in [0.5, 0.6) is 0 Å². The van der Waals surface area contributed by atoms with Crippen LogP contribution in [0.2, 0.25) is 0 Å². The Morgan fingerprint density at radius 2 is 1.70 bits per heavy atom. The molecular weight excluding hydrogens is 506 g/mol. The number of hydrogen-bond donors (Lipinski definition) is 0. The van der Waals surface area contributed by atoms with Gasteiger partial charge in [-0.3, -0.25) is 9.48 Å². The summed E-state index contributed by atoms with van der Waals surface area (Å²) in [7, 11) is 3.43. The number of hydrogen-bond acceptors (Lipinski definition) is 8. The molecule has 1 aliphatic heterocycles. The lowest BCUT2D eigenvalue weighted by Crippen LogP contribution is -2.50. The molecule has 1 unspecified atom stereocenters. The van der Waals surface area contributed by atoms with Gasteiger partial charge in [-0.05, 0) is 11.6 Å². The number of benzene rings is 1. The summed E-state index contributed by atoms with van der Waals surface area (Å²) in [6.45, 7) is 2.31. The normalized spacial score (nSPS) is 14.3. The summed E-state index contributed by atoms with van der Waals surface area (Å²) < 4.78 is 8.99. The summed E-state index contributed by atoms with van der Waals surface area (Å²) in [5.41, 5.74) is 5.45. The zero-order chi connectivity index (χ0) is 27.6. The van der Waals surface area contributed by atoms with Gasteiger partial charge in [0, 0.05) is 87.4 Å². The largest absolute Gasteiger partial charge is 0.367 e. The molecule has 1 atom stereocenters. The highest BCUT2D eigenvalue weighted by Gasteiger charge is 2.29. The zero-order valence-electron chi connectivity index (χ0n) is 22.2. The van der Waals surface area contributed by atoms with Crippen LogP contribution in [0.1, 0.15) is 17.2 Å². The molecule has 5 heterocycles. The summed E-state index contributed by atoms with van der Waals surface area (Å²) >= 11 is 0. The minimum absolute atomic E-state index is 0.0452. The van der Waals surface area contributed by atoms with Crippen LogP contribution in [-0.4, -0.2) is 73.5 Å². The summed E-state index contributed by atoms with van der Waals surface area (Å²) in [6, 6.07) is 13.8. The number of ether oxygens (including phenoxy) is 1. The number of amides is 1. The van der Waals surface area contributed by atoms with Crippen LogP contribution in [0.4, 0.5) is 5.95 Å². The molecule has 0 aliphatic carbocycles. The molecule has 0 spiro atoms. The summed E-state index contributed by atoms with van der Waals surface area (Å²) in [4.78, 5) is 26.4. The number of piperazine rings is 1. The van der Waals surface area contributed by atoms with Crippen molar-refractivity contribution in [1.29, 1.82) is 5.26 Å². The Bertz CT molecular complexity index is 1700. The first-order chi connectivity index (χ1) is 19.6. The lowest BCUT2D eigenvalue weighted by atomic mass is 10.0. The van der Waals surface area contributed by atoms with Crippen molar-refractivity contribution in [2.45, 2.75) is 6.10 Å². The molecular formula is C29H27N9O2. The van der Waals surface area contributed by atoms with Gasteiger partial charge in [0.15, 0.2) is 6.10 Å². The molecule has 6 rings (SSSR count). The van der Waals surface area contributed by atoms with Crippen LogP contribution in [0, 0.1) is 11.3 Å². The fourth-order valence-corrected chi connectivity index (χ4v) is 5.08. The second kappa shape index (κ2) is 10.6. The van der Waals surface area contributed by atoms with Crippen LogP contribution in [0.15, 0.2) is 73.6 Å². The van der Waals surface area contributed by atoms with Gasteiger partial charge in [0.1, 0.15) is 6.07 Å². The van der Waals surface area contributed by atoms with E-state index in [1.807, 2.05) is 60.7 Å². The standard InChI is InChI=1S/C29H27N9O2/c1-35-18-24(17-33-35)21-12-25(26-22(13-30)16-34-38(26)19-21)23-14-31-29(32-15-23)37-10-8-36(9-11-37)28(39)27(40-2)20-6-4-3-5-7-20/h3-7,12,14-19,27H,8-11H2,1-2H3. The Morgan fingerprint density at radius 1 is 0.950 bits per heavy atom. The van der Waals surface area contributed by atoms with E-state index < -0.39 is 6.10 Å². The first-order valence-corrected chi connectivity index (χ1v) is 12.9. The molecule has 0 bridgehead atoms. The Morgan fingerprint density at radius 3 is 2.35 bits per heavy atom. The van der Waals surface area contributed by atoms with Crippen LogP contribution < -0.4 is 4.90 Å². The van der Waals surface area contributed by atoms with Gasteiger partial charge in [0.25, 0.3) is 5.91 Å². The molecule has 1 aliphatic rings. The van der Waals surface area contributed by atoms with E-state index in [4.69, 9.17) is 4.74 Å². The van der Waals surface area contributed by atoms with Gasteiger partial charge in [0.05, 0.1) is 23.5 Å². The highest BCUT2D eigenvalue weighted by Crippen LogP contribution is 2.32. The van der Waals surface area contributed by atoms with Crippen molar-refractivity contribution < 1.29 is 9.53 Å². The Kier molecular flexibility index (Phi) is 6.67. The van der Waals surface area contributed by atoms with Gasteiger partial charge >= 0.3 is 0 Å². The molecule has 1 fully saturated rings. The third kappa shape index (κ3) is 4.65. The molecule has 0 saturated carbocycles. The fourth-order valence-electron chi connectivity index (χ4n) is 5.08. The Balaban J connectivity index is 1.22. The lowest BCUT2D eigenvalue weighted by Gasteiger charge is -2.36. The van der Waals surface area contributed by atoms with Crippen molar-refractivity contribution in [2.24, 2.45) is 7.05 Å². The van der Waals surface area contributed by atoms with Crippen molar-refractivity contribution >= 4 is 17.4 Å². The van der Waals surface area contributed by atoms with E-state index in [1.54, 1.807) is 41.1 Å². The number of carbonyl (C=O) groups excluding carboxylic acids is 1. The number of aryl methyl sites for hydroxylation is 1. The first-order valence-electron chi connectivity index (χ1n) is 12.9. The van der Waals surface area contributed by atoms with E-state index in [0.717, 1.165) is 27.8 Å². The van der Waals surface area contributed by atoms with Crippen LogP contribution in [0.3, 0.4) is 0 Å². The van der Waals surface area contributed by atoms with Gasteiger partial charge < -0.3 is 14.5 Å². The molecule has 0 radical (unpaired) electrons. The fraction of sp³-hybridized carbons (Fsp3) is 0.241. The molecule has 4 aromatic heterocycles. The number of anilines is 1. The maximum atomic E-state index is 13.2. The smallest absolute Gasteiger partial charge is 0.256 e. The SMILES string of the molecule is COC(C(=O)N1CCN(c2ncc(-c3cc(-c4cnn(C)c4)cn4ncc(C#N)c34)cn2)CC1)c1ccccc1. The van der Waals surface area contributed by atoms with Gasteiger partial charge in [-0.25, -0.2) is 14.5 Å². The van der Waals surface area contributed by atoms with Crippen molar-refractivity contribution in [2.75, 3.05) is 38.2 Å². The van der Waals surface area contributed by atoms with E-state index >= 15 is 0 Å². The van der Waals surface area contributed by atoms with Crippen molar-refractivity contribution in [1.82, 2.24) is 34.3 Å². The van der Waals surface area contributed by atoms with Crippen molar-refractivity contribution in [3.8, 4) is 28.3 Å². The van der Waals surface area contributed by atoms with E-state index in [0.29, 0.717) is 43.2 Å². The average Bonchev–Trinajstić information content (AvgIpc) is 3.64. The van der Waals surface area contributed by atoms with Crippen LogP contribution in [0.25, 0.3) is 27.8 Å². The Hall–Kier alpha value is -5.08. The maximum absolute atomic E-state index is 13.2. The molecule has 5 aromatic rings. The van der Waals surface area contributed by atoms with E-state index in [9.17, 15) is 10.1 Å². The molecule has 11 heteroatoms. The highest BCUT2D eigenvalue weighted by molar-refractivity contribution is 5.87. The predicted molar refractivity (Wildman–Crippen MR) is 148 cm³/mol. The number of pyridine rings is 1. The second-order valence-corrected chi connectivity index (χ2v) is 9.62. The number of nitriles is 1. The number of fused-ring (bicyclic) bond motifs is 1. The molecule has 200 valence electrons. The minimum Gasteiger partial charge on any atom is -0.367 e. The van der Waals surface area contributed by atoms with Gasteiger partial charge in [-0.1, -0.05) is 30.3 Å². The molecule has 1 saturated heterocycles. The monoisotopic (exact) mass is 533 g/mol. The Labute approximate surface area is 230 Å². The third-order valence-electron chi connectivity index (χ3n) is 7.16. The van der Waals surface area contributed by atoms with Crippen molar-refractivity contribution in [3.63, 3.8) is 0 Å². The first kappa shape index (κ1) is 25.2. The van der Waals surface area contributed by atoms with Crippen molar-refractivity contribution in [3.05, 3.63) is 84.7 Å². The predicted octanol–water partition coefficient (Wildman–Crippen LogP) is 3.10. The molecule has 0 N–H and O–H groups in total. The second-order valence-electron chi connectivity index (χ2n) is 9.62. The van der Waals surface area contributed by atoms with E-state index in [1.165, 1.54) is 0 Å². The van der Waals surface area contributed by atoms with Crippen LogP contribution in [-0.2, 0) is 16.6 Å². The summed E-state index contributed by atoms with van der Waals surface area (Å²) in [6.07, 6.45) is 10.1. The van der Waals surface area contributed by atoms with Crippen LogP contribution >= 0.6 is 0 Å². The van der Waals surface area contributed by atoms with Gasteiger partial charge in [-0.15, -0.1) is 0 Å². The lowest BCUT2D eigenvalue weighted by molar-refractivity contribution is -0.142. The minimum atomic E-state index is -0.621. The molecule has 1 aromatic carbocycles. The quantitative estimate of drug-likeness (QED) is 0.327. The molecule has 11 nitrogen and oxygen atoms in total. The molecule has 40 heavy (non-hydrogen) atoms. The topological polar surface area (TPSA) is 117 Å². The summed E-state index contributed by atoms with van der Waals surface area (Å²) in [5, 5.41) is 18.4. The molecule has 1 amide bonds. The number of nitrogens with zero attached hydrogens (tertiary/aromatic N) is 9. The van der Waals surface area contributed by atoms with E-state index in [-0.39, 0.29) is 5.91 Å². The summed E-state index contributed by atoms with van der Waals surface area (Å²) in [5.74, 6) is 0.548. The number of carbonyl (C=O) groups is 1. The third-order valence-corrected chi connectivity index (χ3v) is 7.16. The van der Waals surface area contributed by atoms with Gasteiger partial charge in [-0.2, -0.15) is 15.5 Å². The van der Waals surface area contributed by atoms with E-state index in [2.05, 4.69) is 31.1 Å². The van der Waals surface area contributed by atoms with Gasteiger partial charge in [0.2, 0.25) is 5.95 Å². The zero-order valence-corrected chi connectivity index (χ0v) is 22.2.